The Labute approximate surface area is 103 Å². The molecule has 2 aliphatic carbocycles. The van der Waals surface area contributed by atoms with Crippen molar-refractivity contribution in [1.82, 2.24) is 0 Å². The molecule has 1 nitrogen and oxygen atoms in total. The number of carbonyl (C=O) groups is 1. The van der Waals surface area contributed by atoms with Gasteiger partial charge < -0.3 is 0 Å². The first-order chi connectivity index (χ1) is 5.88. The SMILES string of the molecule is O=C(C1CCCC1)C1CCCC1.[NaH]. The van der Waals surface area contributed by atoms with Gasteiger partial charge in [-0.2, -0.15) is 0 Å². The topological polar surface area (TPSA) is 17.1 Å². The van der Waals surface area contributed by atoms with E-state index in [0.29, 0.717) is 17.6 Å². The molecule has 0 radical (unpaired) electrons. The third kappa shape index (κ3) is 2.81. The summed E-state index contributed by atoms with van der Waals surface area (Å²) in [6.07, 6.45) is 9.94. The number of hydrogen-bond acceptors (Lipinski definition) is 1. The first-order valence-corrected chi connectivity index (χ1v) is 5.41. The molecule has 0 saturated heterocycles. The molecule has 13 heavy (non-hydrogen) atoms. The maximum absolute atomic E-state index is 11.8. The number of hydrogen-bond donors (Lipinski definition) is 0. The summed E-state index contributed by atoms with van der Waals surface area (Å²) < 4.78 is 0. The maximum atomic E-state index is 11.8. The van der Waals surface area contributed by atoms with Gasteiger partial charge in [-0.3, -0.25) is 4.79 Å². The molecular weight excluding hydrogens is 171 g/mol. The summed E-state index contributed by atoms with van der Waals surface area (Å²) in [4.78, 5) is 11.8. The fourth-order valence-electron chi connectivity index (χ4n) is 2.75. The number of ketones is 1. The molecule has 2 fully saturated rings. The summed E-state index contributed by atoms with van der Waals surface area (Å²) in [6, 6.07) is 0. The molecule has 0 aromatic rings. The first-order valence-electron chi connectivity index (χ1n) is 5.41. The molecule has 2 heteroatoms. The average molecular weight is 190 g/mol. The molecule has 0 spiro atoms. The summed E-state index contributed by atoms with van der Waals surface area (Å²) in [6.45, 7) is 0. The van der Waals surface area contributed by atoms with Gasteiger partial charge in [-0.1, -0.05) is 25.7 Å². The number of carbonyl (C=O) groups excluding carboxylic acids is 1. The van der Waals surface area contributed by atoms with Gasteiger partial charge in [0.1, 0.15) is 5.78 Å². The van der Waals surface area contributed by atoms with Gasteiger partial charge in [-0.05, 0) is 25.7 Å². The van der Waals surface area contributed by atoms with Crippen LogP contribution in [0.25, 0.3) is 0 Å². The van der Waals surface area contributed by atoms with Crippen molar-refractivity contribution in [3.8, 4) is 0 Å². The second-order valence-corrected chi connectivity index (χ2v) is 4.37. The molecule has 0 heterocycles. The van der Waals surface area contributed by atoms with Crippen molar-refractivity contribution >= 4 is 35.3 Å². The molecule has 2 rings (SSSR count). The summed E-state index contributed by atoms with van der Waals surface area (Å²) in [5.74, 6) is 1.55. The van der Waals surface area contributed by atoms with Gasteiger partial charge in [0, 0.05) is 11.8 Å². The normalized spacial score (nSPS) is 24.6. The quantitative estimate of drug-likeness (QED) is 0.610. The second kappa shape index (κ2) is 5.53. The van der Waals surface area contributed by atoms with Crippen molar-refractivity contribution in [2.75, 3.05) is 0 Å². The number of rotatable bonds is 2. The molecule has 2 saturated carbocycles. The predicted octanol–water partition coefficient (Wildman–Crippen LogP) is 2.29. The van der Waals surface area contributed by atoms with Crippen LogP contribution in [0.2, 0.25) is 0 Å². The van der Waals surface area contributed by atoms with E-state index in [4.69, 9.17) is 0 Å². The minimum absolute atomic E-state index is 0. The van der Waals surface area contributed by atoms with Crippen LogP contribution in [0.5, 0.6) is 0 Å². The van der Waals surface area contributed by atoms with Crippen molar-refractivity contribution in [2.45, 2.75) is 51.4 Å². The average Bonchev–Trinajstić information content (AvgIpc) is 2.77. The van der Waals surface area contributed by atoms with Gasteiger partial charge >= 0.3 is 29.6 Å². The second-order valence-electron chi connectivity index (χ2n) is 4.37. The molecule has 0 atom stereocenters. The first kappa shape index (κ1) is 11.7. The van der Waals surface area contributed by atoms with Gasteiger partial charge in [-0.15, -0.1) is 0 Å². The van der Waals surface area contributed by atoms with Crippen LogP contribution in [0.1, 0.15) is 51.4 Å². The van der Waals surface area contributed by atoms with Crippen LogP contribution in [0, 0.1) is 11.8 Å². The molecule has 0 aromatic heterocycles. The monoisotopic (exact) mass is 190 g/mol. The standard InChI is InChI=1S/C11H18O.Na.H/c12-11(9-5-1-2-6-9)10-7-3-4-8-10;;/h9-10H,1-8H2;;. The van der Waals surface area contributed by atoms with E-state index >= 15 is 0 Å². The minimum atomic E-state index is 0. The Morgan fingerprint density at radius 1 is 0.769 bits per heavy atom. The van der Waals surface area contributed by atoms with E-state index in [0.717, 1.165) is 0 Å². The van der Waals surface area contributed by atoms with Crippen LogP contribution >= 0.6 is 0 Å². The fourth-order valence-corrected chi connectivity index (χ4v) is 2.75. The zero-order chi connectivity index (χ0) is 8.39. The van der Waals surface area contributed by atoms with Crippen molar-refractivity contribution in [1.29, 1.82) is 0 Å². The van der Waals surface area contributed by atoms with Crippen LogP contribution in [0.4, 0.5) is 0 Å². The van der Waals surface area contributed by atoms with E-state index in [-0.39, 0.29) is 29.6 Å². The summed E-state index contributed by atoms with van der Waals surface area (Å²) in [5, 5.41) is 0. The van der Waals surface area contributed by atoms with Crippen LogP contribution in [-0.4, -0.2) is 35.3 Å². The van der Waals surface area contributed by atoms with Gasteiger partial charge in [0.15, 0.2) is 0 Å². The Morgan fingerprint density at radius 2 is 1.08 bits per heavy atom. The molecule has 0 amide bonds. The third-order valence-electron chi connectivity index (χ3n) is 3.52. The van der Waals surface area contributed by atoms with Crippen molar-refractivity contribution < 1.29 is 4.79 Å². The van der Waals surface area contributed by atoms with E-state index < -0.39 is 0 Å². The van der Waals surface area contributed by atoms with Crippen LogP contribution < -0.4 is 0 Å². The van der Waals surface area contributed by atoms with E-state index in [1.54, 1.807) is 0 Å². The zero-order valence-corrected chi connectivity index (χ0v) is 7.72. The van der Waals surface area contributed by atoms with Gasteiger partial charge in [0.25, 0.3) is 0 Å². The van der Waals surface area contributed by atoms with Crippen LogP contribution in [0.15, 0.2) is 0 Å². The molecule has 0 aromatic carbocycles. The summed E-state index contributed by atoms with van der Waals surface area (Å²) in [5.41, 5.74) is 0. The molecule has 2 aliphatic rings. The zero-order valence-electron chi connectivity index (χ0n) is 7.72. The predicted molar refractivity (Wildman–Crippen MR) is 56.1 cm³/mol. The van der Waals surface area contributed by atoms with Crippen LogP contribution in [-0.2, 0) is 4.79 Å². The fraction of sp³-hybridized carbons (Fsp3) is 0.909. The van der Waals surface area contributed by atoms with E-state index in [1.807, 2.05) is 0 Å². The third-order valence-corrected chi connectivity index (χ3v) is 3.52. The van der Waals surface area contributed by atoms with Crippen molar-refractivity contribution in [3.05, 3.63) is 0 Å². The van der Waals surface area contributed by atoms with E-state index in [2.05, 4.69) is 0 Å². The van der Waals surface area contributed by atoms with Crippen molar-refractivity contribution in [2.24, 2.45) is 11.8 Å². The van der Waals surface area contributed by atoms with E-state index in [9.17, 15) is 4.79 Å². The molecule has 0 N–H and O–H groups in total. The van der Waals surface area contributed by atoms with Gasteiger partial charge in [0.2, 0.25) is 0 Å². The van der Waals surface area contributed by atoms with E-state index in [1.165, 1.54) is 51.4 Å². The molecule has 70 valence electrons. The van der Waals surface area contributed by atoms with Crippen LogP contribution in [0.3, 0.4) is 0 Å². The summed E-state index contributed by atoms with van der Waals surface area (Å²) >= 11 is 0. The Hall–Kier alpha value is 0.670. The van der Waals surface area contributed by atoms with Gasteiger partial charge in [-0.25, -0.2) is 0 Å². The molecule has 0 aliphatic heterocycles. The van der Waals surface area contributed by atoms with Gasteiger partial charge in [0.05, 0.1) is 0 Å². The Balaban J connectivity index is 0.000000845. The Kier molecular flexibility index (Phi) is 4.99. The summed E-state index contributed by atoms with van der Waals surface area (Å²) in [7, 11) is 0. The van der Waals surface area contributed by atoms with Crippen molar-refractivity contribution in [3.63, 3.8) is 0 Å². The molecule has 0 unspecified atom stereocenters. The number of Topliss-reactive ketones (excluding diaryl/α,β-unsaturated/α-hetero) is 1. The molecular formula is C11H19NaO. The molecule has 0 bridgehead atoms. The Bertz CT molecular complexity index is 149. The Morgan fingerprint density at radius 3 is 1.38 bits per heavy atom.